The summed E-state index contributed by atoms with van der Waals surface area (Å²) in [5.74, 6) is -0.0563. The molecule has 3 heterocycles. The van der Waals surface area contributed by atoms with Crippen LogP contribution in [0.1, 0.15) is 41.8 Å². The van der Waals surface area contributed by atoms with Crippen LogP contribution in [0.3, 0.4) is 0 Å². The fourth-order valence-electron chi connectivity index (χ4n) is 4.26. The third-order valence-electron chi connectivity index (χ3n) is 5.93. The summed E-state index contributed by atoms with van der Waals surface area (Å²) in [6.45, 7) is -0.354. The van der Waals surface area contributed by atoms with Crippen LogP contribution in [0.4, 0.5) is 19.0 Å². The topological polar surface area (TPSA) is 80.4 Å². The summed E-state index contributed by atoms with van der Waals surface area (Å²) in [6.07, 6.45) is -1.44. The SMILES string of the molecule is N#Cc1c(N2CCc3ccccc3CC2)nc(COC2CCCCO2)n(CC(F)(F)F)c1=O. The Bertz CT molecular complexity index is 1060. The minimum absolute atomic E-state index is 0.108. The molecule has 10 heteroatoms. The Morgan fingerprint density at radius 1 is 1.18 bits per heavy atom. The molecular formula is C23H25F3N4O3. The van der Waals surface area contributed by atoms with Gasteiger partial charge >= 0.3 is 6.18 Å². The summed E-state index contributed by atoms with van der Waals surface area (Å²) in [4.78, 5) is 19.2. The maximum absolute atomic E-state index is 13.2. The maximum atomic E-state index is 13.2. The van der Waals surface area contributed by atoms with Crippen molar-refractivity contribution in [1.29, 1.82) is 5.26 Å². The molecule has 0 spiro atoms. The Balaban J connectivity index is 1.68. The van der Waals surface area contributed by atoms with Crippen LogP contribution in [0, 0.1) is 11.3 Å². The van der Waals surface area contributed by atoms with Gasteiger partial charge in [-0.15, -0.1) is 0 Å². The molecular weight excluding hydrogens is 437 g/mol. The monoisotopic (exact) mass is 462 g/mol. The van der Waals surface area contributed by atoms with Gasteiger partial charge in [0.25, 0.3) is 5.56 Å². The van der Waals surface area contributed by atoms with E-state index in [2.05, 4.69) is 4.98 Å². The highest BCUT2D eigenvalue weighted by atomic mass is 19.4. The molecule has 2 aliphatic heterocycles. The first kappa shape index (κ1) is 23.3. The van der Waals surface area contributed by atoms with E-state index in [1.165, 1.54) is 11.1 Å². The normalized spacial score (nSPS) is 19.0. The molecule has 0 amide bonds. The number of hydrogen-bond donors (Lipinski definition) is 0. The van der Waals surface area contributed by atoms with Crippen molar-refractivity contribution in [3.05, 3.63) is 57.1 Å². The molecule has 1 atom stereocenters. The van der Waals surface area contributed by atoms with Crippen LogP contribution in [0.2, 0.25) is 0 Å². The highest BCUT2D eigenvalue weighted by molar-refractivity contribution is 5.54. The van der Waals surface area contributed by atoms with Gasteiger partial charge in [0, 0.05) is 19.7 Å². The number of hydrogen-bond acceptors (Lipinski definition) is 6. The summed E-state index contributed by atoms with van der Waals surface area (Å²) in [7, 11) is 0. The highest BCUT2D eigenvalue weighted by Gasteiger charge is 2.32. The van der Waals surface area contributed by atoms with Gasteiger partial charge in [0.15, 0.2) is 17.7 Å². The highest BCUT2D eigenvalue weighted by Crippen LogP contribution is 2.24. The minimum atomic E-state index is -4.65. The molecule has 1 aromatic heterocycles. The number of anilines is 1. The molecule has 176 valence electrons. The molecule has 0 radical (unpaired) electrons. The molecule has 33 heavy (non-hydrogen) atoms. The molecule has 0 aliphatic carbocycles. The molecule has 7 nitrogen and oxygen atoms in total. The Morgan fingerprint density at radius 3 is 2.45 bits per heavy atom. The molecule has 2 aromatic rings. The number of alkyl halides is 3. The van der Waals surface area contributed by atoms with E-state index in [0.717, 1.165) is 12.8 Å². The average Bonchev–Trinajstić information content (AvgIpc) is 3.02. The molecule has 2 aliphatic rings. The van der Waals surface area contributed by atoms with E-state index < -0.39 is 24.6 Å². The fourth-order valence-corrected chi connectivity index (χ4v) is 4.26. The van der Waals surface area contributed by atoms with Crippen molar-refractivity contribution in [3.8, 4) is 6.07 Å². The van der Waals surface area contributed by atoms with Crippen molar-refractivity contribution in [2.24, 2.45) is 0 Å². The second-order valence-electron chi connectivity index (χ2n) is 8.21. The summed E-state index contributed by atoms with van der Waals surface area (Å²) >= 11 is 0. The first-order chi connectivity index (χ1) is 15.9. The lowest BCUT2D eigenvalue weighted by molar-refractivity contribution is -0.172. The number of ether oxygens (including phenoxy) is 2. The Hall–Kier alpha value is -2.90. The van der Waals surface area contributed by atoms with Crippen LogP contribution >= 0.6 is 0 Å². The first-order valence-electron chi connectivity index (χ1n) is 11.0. The molecule has 0 N–H and O–H groups in total. The number of nitriles is 1. The fraction of sp³-hybridized carbons (Fsp3) is 0.522. The number of rotatable bonds is 5. The van der Waals surface area contributed by atoms with Gasteiger partial charge in [-0.1, -0.05) is 24.3 Å². The van der Waals surface area contributed by atoms with E-state index in [9.17, 15) is 23.2 Å². The van der Waals surface area contributed by atoms with Gasteiger partial charge < -0.3 is 14.4 Å². The van der Waals surface area contributed by atoms with Crippen molar-refractivity contribution in [1.82, 2.24) is 9.55 Å². The smallest absolute Gasteiger partial charge is 0.355 e. The van der Waals surface area contributed by atoms with Crippen molar-refractivity contribution < 1.29 is 22.6 Å². The van der Waals surface area contributed by atoms with E-state index in [-0.39, 0.29) is 23.8 Å². The number of halogens is 3. The number of nitrogens with zero attached hydrogens (tertiary/aromatic N) is 4. The Labute approximate surface area is 189 Å². The quantitative estimate of drug-likeness (QED) is 0.678. The van der Waals surface area contributed by atoms with E-state index >= 15 is 0 Å². The van der Waals surface area contributed by atoms with Crippen LogP contribution in [0.15, 0.2) is 29.1 Å². The van der Waals surface area contributed by atoms with E-state index in [4.69, 9.17) is 9.47 Å². The third kappa shape index (κ3) is 5.54. The second-order valence-corrected chi connectivity index (χ2v) is 8.21. The predicted molar refractivity (Wildman–Crippen MR) is 114 cm³/mol. The van der Waals surface area contributed by atoms with E-state index in [0.29, 0.717) is 43.5 Å². The van der Waals surface area contributed by atoms with Gasteiger partial charge in [0.2, 0.25) is 0 Å². The second kappa shape index (κ2) is 9.93. The van der Waals surface area contributed by atoms with Gasteiger partial charge in [0.05, 0.1) is 0 Å². The standard InChI is InChI=1S/C23H25F3N4O3/c24-23(25,26)15-30-19(14-33-20-7-3-4-12-32-20)28-21(18(13-27)22(30)31)29-10-8-16-5-1-2-6-17(16)9-11-29/h1-2,5-6,20H,3-4,7-12,14-15H2. The largest absolute Gasteiger partial charge is 0.406 e. The van der Waals surface area contributed by atoms with Crippen molar-refractivity contribution in [2.45, 2.75) is 57.7 Å². The van der Waals surface area contributed by atoms with E-state index in [1.54, 1.807) is 11.0 Å². The summed E-state index contributed by atoms with van der Waals surface area (Å²) in [5.41, 5.74) is 0.941. The number of aromatic nitrogens is 2. The number of benzene rings is 1. The Kier molecular flexibility index (Phi) is 7.00. The lowest BCUT2D eigenvalue weighted by Gasteiger charge is -2.26. The molecule has 1 saturated heterocycles. The number of fused-ring (bicyclic) bond motifs is 1. The molecule has 1 unspecified atom stereocenters. The van der Waals surface area contributed by atoms with Gasteiger partial charge in [-0.25, -0.2) is 4.98 Å². The van der Waals surface area contributed by atoms with Crippen molar-refractivity contribution in [3.63, 3.8) is 0 Å². The lowest BCUT2D eigenvalue weighted by Crippen LogP contribution is -2.37. The van der Waals surface area contributed by atoms with Crippen LogP contribution in [-0.2, 0) is 35.5 Å². The van der Waals surface area contributed by atoms with E-state index in [1.807, 2.05) is 24.3 Å². The Morgan fingerprint density at radius 2 is 1.88 bits per heavy atom. The molecule has 0 saturated carbocycles. The molecule has 0 bridgehead atoms. The van der Waals surface area contributed by atoms with Crippen LogP contribution < -0.4 is 10.5 Å². The minimum Gasteiger partial charge on any atom is -0.355 e. The van der Waals surface area contributed by atoms with Gasteiger partial charge in [0.1, 0.15) is 25.0 Å². The maximum Gasteiger partial charge on any atom is 0.406 e. The van der Waals surface area contributed by atoms with Gasteiger partial charge in [-0.05, 0) is 43.2 Å². The predicted octanol–water partition coefficient (Wildman–Crippen LogP) is 3.33. The van der Waals surface area contributed by atoms with Crippen LogP contribution in [-0.4, -0.2) is 41.7 Å². The summed E-state index contributed by atoms with van der Waals surface area (Å²) in [6, 6.07) is 9.76. The van der Waals surface area contributed by atoms with Crippen molar-refractivity contribution >= 4 is 5.82 Å². The van der Waals surface area contributed by atoms with Gasteiger partial charge in [-0.2, -0.15) is 18.4 Å². The molecule has 1 aromatic carbocycles. The van der Waals surface area contributed by atoms with Crippen LogP contribution in [0.5, 0.6) is 0 Å². The third-order valence-corrected chi connectivity index (χ3v) is 5.93. The first-order valence-corrected chi connectivity index (χ1v) is 11.0. The lowest BCUT2D eigenvalue weighted by atomic mass is 10.0. The molecule has 1 fully saturated rings. The van der Waals surface area contributed by atoms with Crippen molar-refractivity contribution in [2.75, 3.05) is 24.6 Å². The summed E-state index contributed by atoms with van der Waals surface area (Å²) < 4.78 is 51.4. The zero-order chi connectivity index (χ0) is 23.4. The van der Waals surface area contributed by atoms with Gasteiger partial charge in [-0.3, -0.25) is 9.36 Å². The average molecular weight is 462 g/mol. The summed E-state index contributed by atoms with van der Waals surface area (Å²) in [5, 5.41) is 9.66. The zero-order valence-corrected chi connectivity index (χ0v) is 18.1. The van der Waals surface area contributed by atoms with Crippen LogP contribution in [0.25, 0.3) is 0 Å². The zero-order valence-electron chi connectivity index (χ0n) is 18.1. The molecule has 4 rings (SSSR count).